The summed E-state index contributed by atoms with van der Waals surface area (Å²) in [5, 5.41) is 3.21. The van der Waals surface area contributed by atoms with Crippen LogP contribution in [0.25, 0.3) is 0 Å². The first kappa shape index (κ1) is 12.5. The quantitative estimate of drug-likeness (QED) is 0.577. The first-order valence-corrected chi connectivity index (χ1v) is 6.23. The van der Waals surface area contributed by atoms with E-state index >= 15 is 0 Å². The van der Waals surface area contributed by atoms with Crippen LogP contribution < -0.4 is 26.1 Å². The van der Waals surface area contributed by atoms with Crippen LogP contribution in [0.1, 0.15) is 5.56 Å². The molecule has 0 atom stereocenters. The van der Waals surface area contributed by atoms with Crippen LogP contribution >= 0.6 is 0 Å². The molecule has 4 N–H and O–H groups in total. The maximum absolute atomic E-state index is 5.55. The van der Waals surface area contributed by atoms with Crippen LogP contribution in [0.4, 0.5) is 17.5 Å². The number of nitrogens with zero attached hydrogens (tertiary/aromatic N) is 2. The maximum atomic E-state index is 5.55. The van der Waals surface area contributed by atoms with Gasteiger partial charge in [0.05, 0.1) is 0 Å². The minimum atomic E-state index is 0.357. The molecule has 1 aliphatic rings. The van der Waals surface area contributed by atoms with Gasteiger partial charge in [-0.3, -0.25) is 5.43 Å². The smallest absolute Gasteiger partial charge is 0.239 e. The van der Waals surface area contributed by atoms with Crippen molar-refractivity contribution in [2.24, 2.45) is 5.84 Å². The Balaban J connectivity index is 1.87. The molecule has 0 unspecified atom stereocenters. The average molecular weight is 273 g/mol. The minimum Gasteiger partial charge on any atom is -0.486 e. The lowest BCUT2D eigenvalue weighted by Crippen LogP contribution is -2.15. The summed E-state index contributed by atoms with van der Waals surface area (Å²) in [6.45, 7) is 3.06. The SMILES string of the molecule is Cc1cnc(NN)nc1Nc1ccc2c(c1)OCCO2. The number of nitrogens with one attached hydrogen (secondary N) is 2. The van der Waals surface area contributed by atoms with Gasteiger partial charge in [-0.15, -0.1) is 0 Å². The maximum Gasteiger partial charge on any atom is 0.239 e. The Labute approximate surface area is 116 Å². The second-order valence-electron chi connectivity index (χ2n) is 4.35. The van der Waals surface area contributed by atoms with Crippen LogP contribution in [-0.2, 0) is 0 Å². The largest absolute Gasteiger partial charge is 0.486 e. The van der Waals surface area contributed by atoms with Crippen molar-refractivity contribution in [3.05, 3.63) is 30.0 Å². The lowest BCUT2D eigenvalue weighted by Gasteiger charge is -2.19. The number of anilines is 3. The van der Waals surface area contributed by atoms with Gasteiger partial charge in [0, 0.05) is 23.5 Å². The van der Waals surface area contributed by atoms with Gasteiger partial charge in [-0.05, 0) is 19.1 Å². The molecule has 0 spiro atoms. The number of aromatic nitrogens is 2. The van der Waals surface area contributed by atoms with E-state index in [1.807, 2.05) is 25.1 Å². The lowest BCUT2D eigenvalue weighted by molar-refractivity contribution is 0.171. The molecular weight excluding hydrogens is 258 g/mol. The number of nitrogens with two attached hydrogens (primary N) is 1. The highest BCUT2D eigenvalue weighted by Crippen LogP contribution is 2.33. The molecule has 0 radical (unpaired) electrons. The zero-order chi connectivity index (χ0) is 13.9. The van der Waals surface area contributed by atoms with Crippen LogP contribution in [0.5, 0.6) is 11.5 Å². The van der Waals surface area contributed by atoms with E-state index in [1.54, 1.807) is 6.20 Å². The third-order valence-electron chi connectivity index (χ3n) is 2.91. The van der Waals surface area contributed by atoms with Gasteiger partial charge in [-0.1, -0.05) is 0 Å². The first-order chi connectivity index (χ1) is 9.76. The van der Waals surface area contributed by atoms with Gasteiger partial charge in [-0.2, -0.15) is 4.98 Å². The summed E-state index contributed by atoms with van der Waals surface area (Å²) < 4.78 is 11.0. The van der Waals surface area contributed by atoms with Crippen molar-refractivity contribution in [3.63, 3.8) is 0 Å². The Bertz CT molecular complexity index is 632. The number of benzene rings is 1. The molecule has 0 aliphatic carbocycles. The Morgan fingerprint density at radius 1 is 1.20 bits per heavy atom. The molecule has 2 aromatic rings. The van der Waals surface area contributed by atoms with Crippen molar-refractivity contribution in [3.8, 4) is 11.5 Å². The molecule has 7 nitrogen and oxygen atoms in total. The van der Waals surface area contributed by atoms with Crippen LogP contribution in [0.15, 0.2) is 24.4 Å². The number of hydrogen-bond acceptors (Lipinski definition) is 7. The van der Waals surface area contributed by atoms with Crippen molar-refractivity contribution in [2.45, 2.75) is 6.92 Å². The van der Waals surface area contributed by atoms with E-state index in [9.17, 15) is 0 Å². The van der Waals surface area contributed by atoms with Crippen molar-refractivity contribution in [1.82, 2.24) is 9.97 Å². The Morgan fingerprint density at radius 3 is 2.80 bits per heavy atom. The van der Waals surface area contributed by atoms with Gasteiger partial charge >= 0.3 is 0 Å². The zero-order valence-electron chi connectivity index (χ0n) is 11.0. The summed E-state index contributed by atoms with van der Waals surface area (Å²) in [7, 11) is 0. The molecule has 1 aliphatic heterocycles. The number of rotatable bonds is 3. The lowest BCUT2D eigenvalue weighted by atomic mass is 10.2. The van der Waals surface area contributed by atoms with E-state index < -0.39 is 0 Å². The van der Waals surface area contributed by atoms with E-state index in [0.717, 1.165) is 22.7 Å². The van der Waals surface area contributed by atoms with E-state index in [2.05, 4.69) is 20.7 Å². The molecule has 1 aromatic carbocycles. The fourth-order valence-corrected chi connectivity index (χ4v) is 1.90. The Hall–Kier alpha value is -2.54. The molecular formula is C13H15N5O2. The molecule has 0 bridgehead atoms. The van der Waals surface area contributed by atoms with Crippen LogP contribution in [-0.4, -0.2) is 23.2 Å². The summed E-state index contributed by atoms with van der Waals surface area (Å²) >= 11 is 0. The number of aryl methyl sites for hydroxylation is 1. The summed E-state index contributed by atoms with van der Waals surface area (Å²) in [5.41, 5.74) is 4.20. The highest BCUT2D eigenvalue weighted by atomic mass is 16.6. The second-order valence-corrected chi connectivity index (χ2v) is 4.35. The summed E-state index contributed by atoms with van der Waals surface area (Å²) in [6, 6.07) is 5.66. The molecule has 7 heteroatoms. The molecule has 0 fully saturated rings. The van der Waals surface area contributed by atoms with Crippen molar-refractivity contribution in [2.75, 3.05) is 24.0 Å². The van der Waals surface area contributed by atoms with Gasteiger partial charge < -0.3 is 14.8 Å². The standard InChI is InChI=1S/C13H15N5O2/c1-8-7-15-13(18-14)17-12(8)16-9-2-3-10-11(6-9)20-5-4-19-10/h2-3,6-7H,4-5,14H2,1H3,(H2,15,16,17,18). The molecule has 3 rings (SSSR count). The first-order valence-electron chi connectivity index (χ1n) is 6.23. The Morgan fingerprint density at radius 2 is 2.00 bits per heavy atom. The minimum absolute atomic E-state index is 0.357. The number of hydrogen-bond donors (Lipinski definition) is 3. The third-order valence-corrected chi connectivity index (χ3v) is 2.91. The van der Waals surface area contributed by atoms with Crippen LogP contribution in [0, 0.1) is 6.92 Å². The molecule has 0 amide bonds. The highest BCUT2D eigenvalue weighted by Gasteiger charge is 2.12. The van der Waals surface area contributed by atoms with Gasteiger partial charge in [0.15, 0.2) is 11.5 Å². The van der Waals surface area contributed by atoms with Crippen LogP contribution in [0.2, 0.25) is 0 Å². The number of hydrazine groups is 1. The van der Waals surface area contributed by atoms with Crippen LogP contribution in [0.3, 0.4) is 0 Å². The summed E-state index contributed by atoms with van der Waals surface area (Å²) in [4.78, 5) is 8.31. The average Bonchev–Trinajstić information content (AvgIpc) is 2.49. The predicted octanol–water partition coefficient (Wildman–Crippen LogP) is 1.59. The van der Waals surface area contributed by atoms with Crippen molar-refractivity contribution < 1.29 is 9.47 Å². The van der Waals surface area contributed by atoms with Gasteiger partial charge in [-0.25, -0.2) is 10.8 Å². The van der Waals surface area contributed by atoms with E-state index in [4.69, 9.17) is 15.3 Å². The third kappa shape index (κ3) is 2.43. The molecule has 104 valence electrons. The van der Waals surface area contributed by atoms with Gasteiger partial charge in [0.25, 0.3) is 0 Å². The Kier molecular flexibility index (Phi) is 3.26. The molecule has 1 aromatic heterocycles. The number of nitrogen functional groups attached to an aromatic ring is 1. The van der Waals surface area contributed by atoms with Gasteiger partial charge in [0.1, 0.15) is 19.0 Å². The monoisotopic (exact) mass is 273 g/mol. The summed E-state index contributed by atoms with van der Waals surface area (Å²) in [6.07, 6.45) is 1.70. The molecule has 20 heavy (non-hydrogen) atoms. The van der Waals surface area contributed by atoms with Crippen molar-refractivity contribution >= 4 is 17.5 Å². The molecule has 0 saturated carbocycles. The fourth-order valence-electron chi connectivity index (χ4n) is 1.90. The zero-order valence-corrected chi connectivity index (χ0v) is 11.0. The van der Waals surface area contributed by atoms with Gasteiger partial charge in [0.2, 0.25) is 5.95 Å². The van der Waals surface area contributed by atoms with E-state index in [1.165, 1.54) is 0 Å². The van der Waals surface area contributed by atoms with Crippen molar-refractivity contribution in [1.29, 1.82) is 0 Å². The number of ether oxygens (including phenoxy) is 2. The van der Waals surface area contributed by atoms with E-state index in [-0.39, 0.29) is 0 Å². The predicted molar refractivity (Wildman–Crippen MR) is 75.3 cm³/mol. The topological polar surface area (TPSA) is 94.3 Å². The normalized spacial score (nSPS) is 12.9. The fraction of sp³-hybridized carbons (Fsp3) is 0.231. The van der Waals surface area contributed by atoms with E-state index in [0.29, 0.717) is 25.0 Å². The number of fused-ring (bicyclic) bond motifs is 1. The molecule has 0 saturated heterocycles. The second kappa shape index (κ2) is 5.22. The summed E-state index contributed by atoms with van der Waals surface area (Å²) in [5.74, 6) is 7.84. The highest BCUT2D eigenvalue weighted by molar-refractivity contribution is 5.63. The molecule has 2 heterocycles.